The third-order valence-electron chi connectivity index (χ3n) is 4.49. The fourth-order valence-electron chi connectivity index (χ4n) is 3.37. The van der Waals surface area contributed by atoms with Crippen LogP contribution in [0.2, 0.25) is 0 Å². The van der Waals surface area contributed by atoms with Crippen LogP contribution in [0.5, 0.6) is 17.2 Å². The van der Waals surface area contributed by atoms with E-state index in [2.05, 4.69) is 20.8 Å². The first-order chi connectivity index (χ1) is 12.6. The van der Waals surface area contributed by atoms with Gasteiger partial charge in [0.15, 0.2) is 0 Å². The largest absolute Gasteiger partial charge is 0.507 e. The highest BCUT2D eigenvalue weighted by Gasteiger charge is 2.22. The van der Waals surface area contributed by atoms with Crippen molar-refractivity contribution in [2.75, 3.05) is 0 Å². The maximum atomic E-state index is 10.8. The number of aromatic hydroxyl groups is 1. The molecule has 26 heavy (non-hydrogen) atoms. The standard InChI is InChI=1S/C24H26O2/c1-4-11-19-16-21(25)23(18-12-7-5-8-13-18)22(17(2)3)24(19)26-20-14-9-6-10-15-20/h5-10,12-17,25H,4,11H2,1-3H3. The Labute approximate surface area is 156 Å². The molecular formula is C24H26O2. The molecule has 0 aliphatic carbocycles. The molecule has 3 aromatic carbocycles. The van der Waals surface area contributed by atoms with E-state index in [-0.39, 0.29) is 5.92 Å². The minimum absolute atomic E-state index is 0.214. The average molecular weight is 346 g/mol. The molecule has 3 rings (SSSR count). The van der Waals surface area contributed by atoms with E-state index in [0.717, 1.165) is 46.6 Å². The number of phenolic OH excluding ortho intramolecular Hbond substituents is 1. The van der Waals surface area contributed by atoms with Gasteiger partial charge in [0, 0.05) is 11.1 Å². The highest BCUT2D eigenvalue weighted by molar-refractivity contribution is 5.78. The van der Waals surface area contributed by atoms with Gasteiger partial charge in [-0.15, -0.1) is 0 Å². The molecule has 0 fully saturated rings. The Morgan fingerprint density at radius 3 is 2.12 bits per heavy atom. The second kappa shape index (κ2) is 8.09. The third kappa shape index (κ3) is 3.75. The average Bonchev–Trinajstić information content (AvgIpc) is 2.65. The zero-order valence-corrected chi connectivity index (χ0v) is 15.7. The number of ether oxygens (including phenoxy) is 1. The number of benzene rings is 3. The van der Waals surface area contributed by atoms with Crippen molar-refractivity contribution in [2.45, 2.75) is 39.5 Å². The summed E-state index contributed by atoms with van der Waals surface area (Å²) in [5.74, 6) is 2.23. The monoisotopic (exact) mass is 346 g/mol. The summed E-state index contributed by atoms with van der Waals surface area (Å²) in [4.78, 5) is 0. The van der Waals surface area contributed by atoms with Gasteiger partial charge in [-0.2, -0.15) is 0 Å². The van der Waals surface area contributed by atoms with Crippen molar-refractivity contribution >= 4 is 0 Å². The maximum Gasteiger partial charge on any atom is 0.134 e. The second-order valence-electron chi connectivity index (χ2n) is 6.86. The minimum atomic E-state index is 0.214. The lowest BCUT2D eigenvalue weighted by Crippen LogP contribution is -2.02. The Bertz CT molecular complexity index is 852. The lowest BCUT2D eigenvalue weighted by molar-refractivity contribution is 0.452. The van der Waals surface area contributed by atoms with Gasteiger partial charge in [-0.1, -0.05) is 75.7 Å². The van der Waals surface area contributed by atoms with Crippen molar-refractivity contribution in [1.29, 1.82) is 0 Å². The van der Waals surface area contributed by atoms with E-state index in [0.29, 0.717) is 5.75 Å². The van der Waals surface area contributed by atoms with E-state index in [1.165, 1.54) is 0 Å². The zero-order valence-electron chi connectivity index (χ0n) is 15.7. The van der Waals surface area contributed by atoms with Gasteiger partial charge in [0.2, 0.25) is 0 Å². The van der Waals surface area contributed by atoms with Crippen molar-refractivity contribution < 1.29 is 9.84 Å². The Balaban J connectivity index is 2.24. The molecule has 0 unspecified atom stereocenters. The van der Waals surface area contributed by atoms with Crippen molar-refractivity contribution in [3.05, 3.63) is 77.9 Å². The lowest BCUT2D eigenvalue weighted by Gasteiger charge is -2.23. The number of aryl methyl sites for hydroxylation is 1. The van der Waals surface area contributed by atoms with Crippen LogP contribution in [0.25, 0.3) is 11.1 Å². The molecule has 0 amide bonds. The summed E-state index contributed by atoms with van der Waals surface area (Å²) in [6.45, 7) is 6.44. The zero-order chi connectivity index (χ0) is 18.5. The quantitative estimate of drug-likeness (QED) is 0.524. The van der Waals surface area contributed by atoms with E-state index in [9.17, 15) is 5.11 Å². The number of rotatable bonds is 6. The van der Waals surface area contributed by atoms with Gasteiger partial charge in [0.1, 0.15) is 17.2 Å². The van der Waals surface area contributed by atoms with Gasteiger partial charge in [0.05, 0.1) is 0 Å². The summed E-state index contributed by atoms with van der Waals surface area (Å²) < 4.78 is 6.36. The Morgan fingerprint density at radius 2 is 1.54 bits per heavy atom. The Morgan fingerprint density at radius 1 is 0.923 bits per heavy atom. The van der Waals surface area contributed by atoms with Crippen LogP contribution in [-0.2, 0) is 6.42 Å². The molecule has 0 aliphatic heterocycles. The highest BCUT2D eigenvalue weighted by atomic mass is 16.5. The molecule has 0 saturated carbocycles. The molecule has 0 atom stereocenters. The molecule has 0 radical (unpaired) electrons. The number of para-hydroxylation sites is 1. The van der Waals surface area contributed by atoms with Crippen molar-refractivity contribution in [1.82, 2.24) is 0 Å². The molecule has 0 bridgehead atoms. The molecule has 3 aromatic rings. The van der Waals surface area contributed by atoms with E-state index in [1.54, 1.807) is 0 Å². The molecule has 2 heteroatoms. The molecule has 0 spiro atoms. The summed E-state index contributed by atoms with van der Waals surface area (Å²) in [6.07, 6.45) is 1.86. The van der Waals surface area contributed by atoms with Gasteiger partial charge in [0.25, 0.3) is 0 Å². The Hall–Kier alpha value is -2.74. The van der Waals surface area contributed by atoms with Crippen LogP contribution < -0.4 is 4.74 Å². The molecular weight excluding hydrogens is 320 g/mol. The van der Waals surface area contributed by atoms with Gasteiger partial charge in [-0.3, -0.25) is 0 Å². The first-order valence-electron chi connectivity index (χ1n) is 9.28. The number of hydrogen-bond donors (Lipinski definition) is 1. The number of phenols is 1. The van der Waals surface area contributed by atoms with E-state index in [1.807, 2.05) is 66.7 Å². The third-order valence-corrected chi connectivity index (χ3v) is 4.49. The summed E-state index contributed by atoms with van der Waals surface area (Å²) in [6, 6.07) is 21.8. The first kappa shape index (κ1) is 18.1. The van der Waals surface area contributed by atoms with Crippen LogP contribution in [0, 0.1) is 0 Å². The van der Waals surface area contributed by atoms with E-state index < -0.39 is 0 Å². The summed E-state index contributed by atoms with van der Waals surface area (Å²) in [5, 5.41) is 10.8. The molecule has 1 N–H and O–H groups in total. The minimum Gasteiger partial charge on any atom is -0.507 e. The summed E-state index contributed by atoms with van der Waals surface area (Å²) >= 11 is 0. The van der Waals surface area contributed by atoms with Gasteiger partial charge in [-0.25, -0.2) is 0 Å². The fraction of sp³-hybridized carbons (Fsp3) is 0.250. The molecule has 134 valence electrons. The van der Waals surface area contributed by atoms with Crippen LogP contribution in [0.15, 0.2) is 66.7 Å². The van der Waals surface area contributed by atoms with Crippen molar-refractivity contribution in [3.8, 4) is 28.4 Å². The normalized spacial score (nSPS) is 10.9. The van der Waals surface area contributed by atoms with Gasteiger partial charge >= 0.3 is 0 Å². The predicted octanol–water partition coefficient (Wildman–Crippen LogP) is 6.93. The van der Waals surface area contributed by atoms with Gasteiger partial charge < -0.3 is 9.84 Å². The summed E-state index contributed by atoms with van der Waals surface area (Å²) in [7, 11) is 0. The van der Waals surface area contributed by atoms with Crippen LogP contribution in [-0.4, -0.2) is 5.11 Å². The van der Waals surface area contributed by atoms with Crippen molar-refractivity contribution in [3.63, 3.8) is 0 Å². The van der Waals surface area contributed by atoms with E-state index in [4.69, 9.17) is 4.74 Å². The van der Waals surface area contributed by atoms with Gasteiger partial charge in [-0.05, 0) is 41.7 Å². The van der Waals surface area contributed by atoms with Crippen LogP contribution >= 0.6 is 0 Å². The molecule has 2 nitrogen and oxygen atoms in total. The second-order valence-corrected chi connectivity index (χ2v) is 6.86. The molecule has 0 aliphatic rings. The smallest absolute Gasteiger partial charge is 0.134 e. The Kier molecular flexibility index (Phi) is 5.62. The molecule has 0 saturated heterocycles. The SMILES string of the molecule is CCCc1cc(O)c(-c2ccccc2)c(C(C)C)c1Oc1ccccc1. The molecule has 0 heterocycles. The first-order valence-corrected chi connectivity index (χ1v) is 9.28. The maximum absolute atomic E-state index is 10.8. The van der Waals surface area contributed by atoms with E-state index >= 15 is 0 Å². The lowest BCUT2D eigenvalue weighted by atomic mass is 9.88. The number of hydrogen-bond acceptors (Lipinski definition) is 2. The predicted molar refractivity (Wildman–Crippen MR) is 108 cm³/mol. The van der Waals surface area contributed by atoms with Crippen LogP contribution in [0.1, 0.15) is 44.2 Å². The van der Waals surface area contributed by atoms with Crippen LogP contribution in [0.4, 0.5) is 0 Å². The highest BCUT2D eigenvalue weighted by Crippen LogP contribution is 2.46. The summed E-state index contributed by atoms with van der Waals surface area (Å²) in [5.41, 5.74) is 3.99. The van der Waals surface area contributed by atoms with Crippen LogP contribution in [0.3, 0.4) is 0 Å². The topological polar surface area (TPSA) is 29.5 Å². The molecule has 0 aromatic heterocycles. The van der Waals surface area contributed by atoms with Crippen molar-refractivity contribution in [2.24, 2.45) is 0 Å². The fourth-order valence-corrected chi connectivity index (χ4v) is 3.37.